The number of nitrogens with one attached hydrogen (secondary N) is 1. The Labute approximate surface area is 101 Å². The van der Waals surface area contributed by atoms with Gasteiger partial charge in [-0.1, -0.05) is 19.9 Å². The van der Waals surface area contributed by atoms with Crippen LogP contribution in [0.25, 0.3) is 0 Å². The standard InChI is InChI=1S/C13H19N3O/c1-13(2)6-8(13)7-16-11-9(12(15)17)4-3-5-10(11)14/h3-5,8,16H,6-7,14H2,1-2H3,(H2,15,17). The molecular weight excluding hydrogens is 214 g/mol. The van der Waals surface area contributed by atoms with Crippen LogP contribution >= 0.6 is 0 Å². The second kappa shape index (κ2) is 3.95. The van der Waals surface area contributed by atoms with Gasteiger partial charge < -0.3 is 16.8 Å². The number of nitrogens with two attached hydrogens (primary N) is 2. The molecule has 0 radical (unpaired) electrons. The molecule has 0 aliphatic heterocycles. The van der Waals surface area contributed by atoms with E-state index >= 15 is 0 Å². The predicted molar refractivity (Wildman–Crippen MR) is 69.8 cm³/mol. The zero-order valence-corrected chi connectivity index (χ0v) is 10.3. The normalized spacial score (nSPS) is 20.9. The average Bonchev–Trinajstić information content (AvgIpc) is 2.84. The van der Waals surface area contributed by atoms with E-state index in [-0.39, 0.29) is 0 Å². The molecule has 0 heterocycles. The molecule has 1 aromatic rings. The van der Waals surface area contributed by atoms with Gasteiger partial charge in [-0.2, -0.15) is 0 Å². The van der Waals surface area contributed by atoms with Crippen molar-refractivity contribution in [2.45, 2.75) is 20.3 Å². The van der Waals surface area contributed by atoms with E-state index in [2.05, 4.69) is 19.2 Å². The first-order chi connectivity index (χ1) is 7.92. The lowest BCUT2D eigenvalue weighted by Gasteiger charge is -2.13. The molecule has 4 nitrogen and oxygen atoms in total. The van der Waals surface area contributed by atoms with Gasteiger partial charge in [0.1, 0.15) is 0 Å². The first-order valence-electron chi connectivity index (χ1n) is 5.84. The molecule has 92 valence electrons. The van der Waals surface area contributed by atoms with E-state index in [1.807, 2.05) is 0 Å². The Morgan fingerprint density at radius 3 is 2.71 bits per heavy atom. The number of benzene rings is 1. The molecule has 4 heteroatoms. The van der Waals surface area contributed by atoms with E-state index in [0.29, 0.717) is 28.3 Å². The second-order valence-corrected chi connectivity index (χ2v) is 5.40. The van der Waals surface area contributed by atoms with Crippen molar-refractivity contribution in [3.05, 3.63) is 23.8 Å². The number of anilines is 2. The zero-order valence-electron chi connectivity index (χ0n) is 10.3. The van der Waals surface area contributed by atoms with Gasteiger partial charge in [-0.3, -0.25) is 4.79 Å². The van der Waals surface area contributed by atoms with Crippen LogP contribution in [0.5, 0.6) is 0 Å². The number of carbonyl (C=O) groups is 1. The third-order valence-electron chi connectivity index (χ3n) is 3.60. The van der Waals surface area contributed by atoms with Crippen molar-refractivity contribution < 1.29 is 4.79 Å². The molecular formula is C13H19N3O. The fourth-order valence-corrected chi connectivity index (χ4v) is 2.12. The smallest absolute Gasteiger partial charge is 0.250 e. The Hall–Kier alpha value is -1.71. The number of amides is 1. The minimum Gasteiger partial charge on any atom is -0.397 e. The summed E-state index contributed by atoms with van der Waals surface area (Å²) in [5, 5.41) is 3.25. The van der Waals surface area contributed by atoms with Crippen LogP contribution in [0.15, 0.2) is 18.2 Å². The maximum atomic E-state index is 11.3. The summed E-state index contributed by atoms with van der Waals surface area (Å²) in [4.78, 5) is 11.3. The van der Waals surface area contributed by atoms with Gasteiger partial charge in [0, 0.05) is 6.54 Å². The van der Waals surface area contributed by atoms with Crippen molar-refractivity contribution in [2.75, 3.05) is 17.6 Å². The maximum Gasteiger partial charge on any atom is 0.250 e. The lowest BCUT2D eigenvalue weighted by atomic mass is 10.1. The highest BCUT2D eigenvalue weighted by atomic mass is 16.1. The third-order valence-corrected chi connectivity index (χ3v) is 3.60. The predicted octanol–water partition coefficient (Wildman–Crippen LogP) is 1.83. The number of para-hydroxylation sites is 1. The summed E-state index contributed by atoms with van der Waals surface area (Å²) in [6.07, 6.45) is 1.21. The Morgan fingerprint density at radius 2 is 2.18 bits per heavy atom. The fraction of sp³-hybridized carbons (Fsp3) is 0.462. The van der Waals surface area contributed by atoms with Crippen molar-refractivity contribution in [3.63, 3.8) is 0 Å². The van der Waals surface area contributed by atoms with Crippen molar-refractivity contribution in [1.29, 1.82) is 0 Å². The summed E-state index contributed by atoms with van der Waals surface area (Å²) < 4.78 is 0. The highest BCUT2D eigenvalue weighted by Gasteiger charge is 2.45. The molecule has 17 heavy (non-hydrogen) atoms. The van der Waals surface area contributed by atoms with Gasteiger partial charge in [0.2, 0.25) is 0 Å². The molecule has 1 saturated carbocycles. The van der Waals surface area contributed by atoms with Crippen LogP contribution in [-0.4, -0.2) is 12.5 Å². The molecule has 1 aromatic carbocycles. The first-order valence-corrected chi connectivity index (χ1v) is 5.84. The van der Waals surface area contributed by atoms with E-state index in [4.69, 9.17) is 11.5 Å². The lowest BCUT2D eigenvalue weighted by molar-refractivity contribution is 0.100. The quantitative estimate of drug-likeness (QED) is 0.694. The van der Waals surface area contributed by atoms with Gasteiger partial charge in [0.05, 0.1) is 16.9 Å². The van der Waals surface area contributed by atoms with E-state index in [9.17, 15) is 4.79 Å². The van der Waals surface area contributed by atoms with Crippen LogP contribution in [0, 0.1) is 11.3 Å². The van der Waals surface area contributed by atoms with Gasteiger partial charge in [-0.05, 0) is 29.9 Å². The van der Waals surface area contributed by atoms with Gasteiger partial charge >= 0.3 is 0 Å². The lowest BCUT2D eigenvalue weighted by Crippen LogP contribution is -2.17. The molecule has 0 aromatic heterocycles. The summed E-state index contributed by atoms with van der Waals surface area (Å²) in [6.45, 7) is 5.31. The Morgan fingerprint density at radius 1 is 1.53 bits per heavy atom. The largest absolute Gasteiger partial charge is 0.397 e. The second-order valence-electron chi connectivity index (χ2n) is 5.40. The Bertz CT molecular complexity index is 454. The highest BCUT2D eigenvalue weighted by Crippen LogP contribution is 2.51. The molecule has 5 N–H and O–H groups in total. The summed E-state index contributed by atoms with van der Waals surface area (Å²) >= 11 is 0. The highest BCUT2D eigenvalue weighted by molar-refractivity contribution is 6.01. The van der Waals surface area contributed by atoms with Gasteiger partial charge in [0.15, 0.2) is 0 Å². The molecule has 0 spiro atoms. The van der Waals surface area contributed by atoms with E-state index in [0.717, 1.165) is 6.54 Å². The summed E-state index contributed by atoms with van der Waals surface area (Å²) in [5.74, 6) is 0.192. The molecule has 1 aliphatic carbocycles. The van der Waals surface area contributed by atoms with Gasteiger partial charge in [-0.15, -0.1) is 0 Å². The van der Waals surface area contributed by atoms with Crippen molar-refractivity contribution in [3.8, 4) is 0 Å². The molecule has 2 rings (SSSR count). The molecule has 0 saturated heterocycles. The molecule has 1 amide bonds. The van der Waals surface area contributed by atoms with Crippen molar-refractivity contribution in [2.24, 2.45) is 17.1 Å². The Balaban J connectivity index is 2.12. The number of primary amides is 1. The molecule has 1 unspecified atom stereocenters. The number of hydrogen-bond acceptors (Lipinski definition) is 3. The monoisotopic (exact) mass is 233 g/mol. The summed E-state index contributed by atoms with van der Waals surface area (Å²) in [6, 6.07) is 5.20. The van der Waals surface area contributed by atoms with E-state index in [1.54, 1.807) is 18.2 Å². The van der Waals surface area contributed by atoms with E-state index in [1.165, 1.54) is 6.42 Å². The van der Waals surface area contributed by atoms with Gasteiger partial charge in [-0.25, -0.2) is 0 Å². The SMILES string of the molecule is CC1(C)CC1CNc1c(N)cccc1C(N)=O. The Kier molecular flexibility index (Phi) is 2.73. The molecule has 1 atom stereocenters. The number of hydrogen-bond donors (Lipinski definition) is 3. The van der Waals surface area contributed by atoms with E-state index < -0.39 is 5.91 Å². The van der Waals surface area contributed by atoms with Crippen molar-refractivity contribution >= 4 is 17.3 Å². The molecule has 1 aliphatic rings. The summed E-state index contributed by atoms with van der Waals surface area (Å²) in [7, 11) is 0. The number of rotatable bonds is 4. The summed E-state index contributed by atoms with van der Waals surface area (Å²) in [5.41, 5.74) is 13.3. The van der Waals surface area contributed by atoms with Crippen molar-refractivity contribution in [1.82, 2.24) is 0 Å². The third kappa shape index (κ3) is 2.35. The van der Waals surface area contributed by atoms with Crippen LogP contribution in [0.3, 0.4) is 0 Å². The first kappa shape index (κ1) is 11.8. The minimum absolute atomic E-state index is 0.406. The minimum atomic E-state index is -0.449. The topological polar surface area (TPSA) is 81.1 Å². The average molecular weight is 233 g/mol. The van der Waals surface area contributed by atoms with Crippen LogP contribution in [0.1, 0.15) is 30.6 Å². The van der Waals surface area contributed by atoms with Crippen LogP contribution in [0.2, 0.25) is 0 Å². The fourth-order valence-electron chi connectivity index (χ4n) is 2.12. The maximum absolute atomic E-state index is 11.3. The number of carbonyl (C=O) groups excluding carboxylic acids is 1. The number of nitrogen functional groups attached to an aromatic ring is 1. The zero-order chi connectivity index (χ0) is 12.6. The van der Waals surface area contributed by atoms with Crippen LogP contribution in [-0.2, 0) is 0 Å². The van der Waals surface area contributed by atoms with Gasteiger partial charge in [0.25, 0.3) is 5.91 Å². The van der Waals surface area contributed by atoms with Crippen LogP contribution in [0.4, 0.5) is 11.4 Å². The van der Waals surface area contributed by atoms with Crippen LogP contribution < -0.4 is 16.8 Å². The molecule has 0 bridgehead atoms. The molecule has 1 fully saturated rings.